The maximum absolute atomic E-state index is 12.3. The van der Waals surface area contributed by atoms with E-state index in [2.05, 4.69) is 32.2 Å². The van der Waals surface area contributed by atoms with Crippen molar-refractivity contribution in [2.75, 3.05) is 18.2 Å². The van der Waals surface area contributed by atoms with Gasteiger partial charge in [-0.1, -0.05) is 32.9 Å². The van der Waals surface area contributed by atoms with Gasteiger partial charge in [-0.05, 0) is 54.4 Å². The van der Waals surface area contributed by atoms with E-state index in [-0.39, 0.29) is 11.3 Å². The molecule has 158 valence electrons. The predicted octanol–water partition coefficient (Wildman–Crippen LogP) is 5.23. The van der Waals surface area contributed by atoms with Crippen LogP contribution < -0.4 is 10.1 Å². The second kappa shape index (κ2) is 9.53. The Labute approximate surface area is 183 Å². The number of rotatable bonds is 6. The molecule has 1 atom stereocenters. The highest BCUT2D eigenvalue weighted by atomic mass is 32.2. The van der Waals surface area contributed by atoms with E-state index < -0.39 is 0 Å². The van der Waals surface area contributed by atoms with Crippen LogP contribution in [0.3, 0.4) is 0 Å². The van der Waals surface area contributed by atoms with Gasteiger partial charge in [-0.2, -0.15) is 5.26 Å². The van der Waals surface area contributed by atoms with Crippen LogP contribution in [0, 0.1) is 22.7 Å². The number of hydrogen-bond donors (Lipinski definition) is 1. The number of nitrogens with zero attached hydrogens (tertiary/aromatic N) is 2. The third kappa shape index (κ3) is 5.34. The number of anilines is 1. The summed E-state index contributed by atoms with van der Waals surface area (Å²) in [6.45, 7) is 6.84. The molecule has 0 radical (unpaired) electrons. The highest BCUT2D eigenvalue weighted by molar-refractivity contribution is 7.99. The number of amides is 1. The number of ether oxygens (including phenoxy) is 1. The minimum absolute atomic E-state index is 0.0866. The van der Waals surface area contributed by atoms with Crippen LogP contribution in [0.25, 0.3) is 0 Å². The summed E-state index contributed by atoms with van der Waals surface area (Å²) < 4.78 is 5.27. The number of nitrogens with one attached hydrogen (secondary N) is 1. The number of methoxy groups -OCH3 is 1. The monoisotopic (exact) mass is 423 g/mol. The first-order chi connectivity index (χ1) is 14.3. The van der Waals surface area contributed by atoms with Crippen LogP contribution >= 0.6 is 11.8 Å². The zero-order valence-electron chi connectivity index (χ0n) is 18.1. The Hall–Kier alpha value is -2.52. The minimum atomic E-state index is -0.0866. The van der Waals surface area contributed by atoms with E-state index in [1.807, 2.05) is 30.3 Å². The molecule has 2 aromatic rings. The summed E-state index contributed by atoms with van der Waals surface area (Å²) in [5, 5.41) is 13.2. The molecule has 0 aliphatic heterocycles. The lowest BCUT2D eigenvalue weighted by molar-refractivity contribution is -0.115. The summed E-state index contributed by atoms with van der Waals surface area (Å²) in [4.78, 5) is 17.1. The highest BCUT2D eigenvalue weighted by Crippen LogP contribution is 2.38. The SMILES string of the molecule is COc1ccccc1NC(=O)CCSc1nc2c(cc1C#N)CC(C(C)(C)C)CC2. The van der Waals surface area contributed by atoms with E-state index in [1.54, 1.807) is 7.11 Å². The van der Waals surface area contributed by atoms with Crippen LogP contribution in [-0.4, -0.2) is 23.8 Å². The van der Waals surface area contributed by atoms with Crippen LogP contribution in [0.5, 0.6) is 5.75 Å². The fraction of sp³-hybridized carbons (Fsp3) is 0.458. The van der Waals surface area contributed by atoms with E-state index in [1.165, 1.54) is 17.3 Å². The van der Waals surface area contributed by atoms with E-state index >= 15 is 0 Å². The normalized spacial score (nSPS) is 15.8. The molecule has 1 aliphatic rings. The number of carbonyl (C=O) groups excluding carboxylic acids is 1. The molecule has 0 fully saturated rings. The van der Waals surface area contributed by atoms with Crippen LogP contribution in [-0.2, 0) is 17.6 Å². The van der Waals surface area contributed by atoms with Crippen molar-refractivity contribution in [3.63, 3.8) is 0 Å². The topological polar surface area (TPSA) is 75.0 Å². The van der Waals surface area contributed by atoms with Crippen molar-refractivity contribution >= 4 is 23.4 Å². The number of benzene rings is 1. The molecule has 1 aromatic carbocycles. The quantitative estimate of drug-likeness (QED) is 0.644. The zero-order valence-corrected chi connectivity index (χ0v) is 18.9. The fourth-order valence-corrected chi connectivity index (χ4v) is 4.69. The van der Waals surface area contributed by atoms with Crippen molar-refractivity contribution in [1.29, 1.82) is 5.26 Å². The van der Waals surface area contributed by atoms with Crippen molar-refractivity contribution in [3.8, 4) is 11.8 Å². The van der Waals surface area contributed by atoms with Crippen molar-refractivity contribution in [3.05, 3.63) is 47.2 Å². The van der Waals surface area contributed by atoms with Gasteiger partial charge in [0.2, 0.25) is 5.91 Å². The Morgan fingerprint density at radius 1 is 1.37 bits per heavy atom. The number of nitriles is 1. The standard InChI is InChI=1S/C24H29N3O2S/c1-24(2,3)18-9-10-19-16(14-18)13-17(15-25)23(27-19)30-12-11-22(28)26-20-7-5-6-8-21(20)29-4/h5-8,13,18H,9-12,14H2,1-4H3,(H,26,28). The van der Waals surface area contributed by atoms with E-state index in [0.717, 1.165) is 30.0 Å². The van der Waals surface area contributed by atoms with Crippen molar-refractivity contribution < 1.29 is 9.53 Å². The Balaban J connectivity index is 1.62. The van der Waals surface area contributed by atoms with Gasteiger partial charge in [0.05, 0.1) is 18.4 Å². The van der Waals surface area contributed by atoms with Gasteiger partial charge in [-0.3, -0.25) is 4.79 Å². The summed E-state index contributed by atoms with van der Waals surface area (Å²) in [7, 11) is 1.58. The third-order valence-corrected chi connectivity index (χ3v) is 6.64. The van der Waals surface area contributed by atoms with E-state index in [0.29, 0.717) is 35.1 Å². The van der Waals surface area contributed by atoms with Gasteiger partial charge in [-0.15, -0.1) is 11.8 Å². The van der Waals surface area contributed by atoms with Gasteiger partial charge in [0, 0.05) is 17.9 Å². The second-order valence-electron chi connectivity index (χ2n) is 8.71. The average Bonchev–Trinajstić information content (AvgIpc) is 2.72. The number of carbonyl (C=O) groups is 1. The first-order valence-corrected chi connectivity index (χ1v) is 11.3. The first-order valence-electron chi connectivity index (χ1n) is 10.3. The lowest BCUT2D eigenvalue weighted by Crippen LogP contribution is -2.27. The molecule has 6 heteroatoms. The van der Waals surface area contributed by atoms with Gasteiger partial charge in [0.1, 0.15) is 16.8 Å². The smallest absolute Gasteiger partial charge is 0.225 e. The van der Waals surface area contributed by atoms with E-state index in [4.69, 9.17) is 9.72 Å². The predicted molar refractivity (Wildman–Crippen MR) is 121 cm³/mol. The summed E-state index contributed by atoms with van der Waals surface area (Å²) in [5.41, 5.74) is 3.84. The molecular formula is C24H29N3O2S. The molecule has 0 saturated heterocycles. The second-order valence-corrected chi connectivity index (χ2v) is 9.79. The Bertz CT molecular complexity index is 960. The Morgan fingerprint density at radius 3 is 2.83 bits per heavy atom. The number of fused-ring (bicyclic) bond motifs is 1. The van der Waals surface area contributed by atoms with E-state index in [9.17, 15) is 10.1 Å². The Kier molecular flexibility index (Phi) is 7.04. The van der Waals surface area contributed by atoms with Gasteiger partial charge in [-0.25, -0.2) is 4.98 Å². The number of pyridine rings is 1. The number of thioether (sulfide) groups is 1. The molecule has 0 saturated carbocycles. The molecule has 1 heterocycles. The number of hydrogen-bond acceptors (Lipinski definition) is 5. The van der Waals surface area contributed by atoms with Gasteiger partial charge in [0.15, 0.2) is 0 Å². The van der Waals surface area contributed by atoms with Gasteiger partial charge < -0.3 is 10.1 Å². The molecule has 1 amide bonds. The number of para-hydroxylation sites is 2. The first kappa shape index (κ1) is 22.2. The molecule has 3 rings (SSSR count). The number of aryl methyl sites for hydroxylation is 1. The van der Waals surface area contributed by atoms with Crippen LogP contribution in [0.15, 0.2) is 35.4 Å². The summed E-state index contributed by atoms with van der Waals surface area (Å²) in [6, 6.07) is 11.6. The maximum atomic E-state index is 12.3. The molecule has 1 aromatic heterocycles. The number of aromatic nitrogens is 1. The van der Waals surface area contributed by atoms with Crippen molar-refractivity contribution in [2.24, 2.45) is 11.3 Å². The third-order valence-electron chi connectivity index (χ3n) is 5.65. The van der Waals surface area contributed by atoms with Gasteiger partial charge in [0.25, 0.3) is 0 Å². The maximum Gasteiger partial charge on any atom is 0.225 e. The molecule has 1 N–H and O–H groups in total. The molecular weight excluding hydrogens is 394 g/mol. The van der Waals surface area contributed by atoms with Crippen LogP contribution in [0.2, 0.25) is 0 Å². The largest absolute Gasteiger partial charge is 0.495 e. The van der Waals surface area contributed by atoms with Gasteiger partial charge >= 0.3 is 0 Å². The lowest BCUT2D eigenvalue weighted by Gasteiger charge is -2.34. The molecule has 1 aliphatic carbocycles. The Morgan fingerprint density at radius 2 is 2.13 bits per heavy atom. The zero-order chi connectivity index (χ0) is 21.7. The molecule has 5 nitrogen and oxygen atoms in total. The molecule has 0 bridgehead atoms. The van der Waals surface area contributed by atoms with Crippen LogP contribution in [0.4, 0.5) is 5.69 Å². The average molecular weight is 424 g/mol. The summed E-state index contributed by atoms with van der Waals surface area (Å²) in [5.74, 6) is 1.72. The molecule has 30 heavy (non-hydrogen) atoms. The van der Waals surface area contributed by atoms with Crippen molar-refractivity contribution in [2.45, 2.75) is 51.5 Å². The molecule has 0 spiro atoms. The highest BCUT2D eigenvalue weighted by Gasteiger charge is 2.30. The van der Waals surface area contributed by atoms with Crippen LogP contribution in [0.1, 0.15) is 50.4 Å². The lowest BCUT2D eigenvalue weighted by atomic mass is 9.71. The molecule has 1 unspecified atom stereocenters. The fourth-order valence-electron chi connectivity index (χ4n) is 3.78. The summed E-state index contributed by atoms with van der Waals surface area (Å²) in [6.07, 6.45) is 3.39. The van der Waals surface area contributed by atoms with Crippen molar-refractivity contribution in [1.82, 2.24) is 4.98 Å². The summed E-state index contributed by atoms with van der Waals surface area (Å²) >= 11 is 1.47. The minimum Gasteiger partial charge on any atom is -0.495 e.